The molecule has 0 saturated heterocycles. The van der Waals surface area contributed by atoms with Crippen LogP contribution in [-0.2, 0) is 14.8 Å². The molecule has 1 aliphatic rings. The normalized spacial score (nSPS) is 16.6. The minimum Gasteiger partial charge on any atom is -0.476 e. The molecule has 1 amide bonds. The van der Waals surface area contributed by atoms with Crippen LogP contribution in [0.5, 0.6) is 5.75 Å². The Hall–Kier alpha value is -3.39. The van der Waals surface area contributed by atoms with Crippen LogP contribution in [0.25, 0.3) is 0 Å². The summed E-state index contributed by atoms with van der Waals surface area (Å²) in [5.41, 5.74) is 2.04. The highest BCUT2D eigenvalue weighted by atomic mass is 32.2. The Morgan fingerprint density at radius 1 is 1.06 bits per heavy atom. The van der Waals surface area contributed by atoms with Crippen molar-refractivity contribution in [2.75, 3.05) is 10.8 Å². The zero-order valence-corrected chi connectivity index (χ0v) is 18.5. The van der Waals surface area contributed by atoms with E-state index in [1.807, 2.05) is 6.92 Å². The second-order valence-corrected chi connectivity index (χ2v) is 9.57. The first-order chi connectivity index (χ1) is 15.3. The number of sulfonamides is 1. The molecule has 0 bridgehead atoms. The van der Waals surface area contributed by atoms with Crippen LogP contribution < -0.4 is 14.4 Å². The molecule has 3 aromatic rings. The fourth-order valence-corrected chi connectivity index (χ4v) is 5.02. The third-order valence-corrected chi connectivity index (χ3v) is 7.16. The van der Waals surface area contributed by atoms with Crippen LogP contribution in [0.2, 0.25) is 0 Å². The molecular formula is C24H23FN2O4S. The maximum absolute atomic E-state index is 13.4. The molecule has 0 radical (unpaired) electrons. The molecule has 1 aliphatic heterocycles. The molecule has 2 atom stereocenters. The second kappa shape index (κ2) is 8.63. The van der Waals surface area contributed by atoms with E-state index in [0.717, 1.165) is 11.1 Å². The van der Waals surface area contributed by atoms with E-state index in [1.165, 1.54) is 16.4 Å². The maximum Gasteiger partial charge on any atom is 0.264 e. The first kappa shape index (κ1) is 21.8. The predicted molar refractivity (Wildman–Crippen MR) is 120 cm³/mol. The van der Waals surface area contributed by atoms with Gasteiger partial charge >= 0.3 is 0 Å². The fourth-order valence-electron chi connectivity index (χ4n) is 3.54. The van der Waals surface area contributed by atoms with E-state index in [2.05, 4.69) is 5.32 Å². The zero-order valence-electron chi connectivity index (χ0n) is 17.7. The molecule has 0 saturated carbocycles. The third kappa shape index (κ3) is 4.31. The van der Waals surface area contributed by atoms with Crippen molar-refractivity contribution in [2.45, 2.75) is 30.9 Å². The largest absolute Gasteiger partial charge is 0.476 e. The van der Waals surface area contributed by atoms with Crippen LogP contribution in [0, 0.1) is 12.7 Å². The number of amides is 1. The van der Waals surface area contributed by atoms with Crippen molar-refractivity contribution in [1.82, 2.24) is 5.32 Å². The molecular weight excluding hydrogens is 431 g/mol. The number of fused-ring (bicyclic) bond motifs is 1. The first-order valence-electron chi connectivity index (χ1n) is 10.2. The molecule has 6 nitrogen and oxygen atoms in total. The number of aryl methyl sites for hydroxylation is 1. The van der Waals surface area contributed by atoms with Crippen molar-refractivity contribution in [1.29, 1.82) is 0 Å². The zero-order chi connectivity index (χ0) is 22.9. The predicted octanol–water partition coefficient (Wildman–Crippen LogP) is 3.97. The van der Waals surface area contributed by atoms with Gasteiger partial charge in [-0.2, -0.15) is 0 Å². The highest BCUT2D eigenvalue weighted by Crippen LogP contribution is 2.37. The van der Waals surface area contributed by atoms with Crippen LogP contribution in [-0.4, -0.2) is 27.0 Å². The average Bonchev–Trinajstić information content (AvgIpc) is 2.79. The van der Waals surface area contributed by atoms with Gasteiger partial charge in [-0.25, -0.2) is 12.8 Å². The topological polar surface area (TPSA) is 75.7 Å². The summed E-state index contributed by atoms with van der Waals surface area (Å²) in [7, 11) is -3.91. The summed E-state index contributed by atoms with van der Waals surface area (Å²) in [4.78, 5) is 13.1. The van der Waals surface area contributed by atoms with Crippen LogP contribution in [0.1, 0.15) is 24.1 Å². The van der Waals surface area contributed by atoms with Gasteiger partial charge in [0.15, 0.2) is 6.10 Å². The molecule has 4 rings (SSSR count). The standard InChI is InChI=1S/C24H23FN2O4S/c1-16-7-13-20(14-8-16)32(29,30)27-15-23(31-22-6-4-3-5-21(22)27)24(28)26-17(2)18-9-11-19(25)12-10-18/h3-14,17,23H,15H2,1-2H3,(H,26,28)/t17-,23-/m0/s1. The van der Waals surface area contributed by atoms with Gasteiger partial charge in [0.05, 0.1) is 23.2 Å². The van der Waals surface area contributed by atoms with Gasteiger partial charge in [-0.1, -0.05) is 42.0 Å². The fraction of sp³-hybridized carbons (Fsp3) is 0.208. The van der Waals surface area contributed by atoms with Crippen molar-refractivity contribution in [2.24, 2.45) is 0 Å². The van der Waals surface area contributed by atoms with E-state index in [0.29, 0.717) is 11.4 Å². The van der Waals surface area contributed by atoms with Gasteiger partial charge in [-0.15, -0.1) is 0 Å². The van der Waals surface area contributed by atoms with Crippen LogP contribution in [0.3, 0.4) is 0 Å². The Morgan fingerprint density at radius 3 is 2.41 bits per heavy atom. The van der Waals surface area contributed by atoms with Gasteiger partial charge in [-0.3, -0.25) is 9.10 Å². The van der Waals surface area contributed by atoms with E-state index >= 15 is 0 Å². The summed E-state index contributed by atoms with van der Waals surface area (Å²) in [5.74, 6) is -0.513. The summed E-state index contributed by atoms with van der Waals surface area (Å²) in [6, 6.07) is 18.7. The Bertz CT molecular complexity index is 1230. The maximum atomic E-state index is 13.4. The molecule has 1 heterocycles. The van der Waals surface area contributed by atoms with Gasteiger partial charge in [0.25, 0.3) is 15.9 Å². The molecule has 0 fully saturated rings. The molecule has 3 aromatic carbocycles. The Balaban J connectivity index is 1.61. The number of carbonyl (C=O) groups is 1. The number of nitrogens with one attached hydrogen (secondary N) is 1. The van der Waals surface area contributed by atoms with Crippen LogP contribution >= 0.6 is 0 Å². The number of nitrogens with zero attached hydrogens (tertiary/aromatic N) is 1. The van der Waals surface area contributed by atoms with Gasteiger partial charge in [0, 0.05) is 0 Å². The van der Waals surface area contributed by atoms with Crippen LogP contribution in [0.15, 0.2) is 77.7 Å². The Labute approximate surface area is 186 Å². The van der Waals surface area contributed by atoms with Crippen molar-refractivity contribution < 1.29 is 22.3 Å². The number of para-hydroxylation sites is 2. The molecule has 0 unspecified atom stereocenters. The van der Waals surface area contributed by atoms with Crippen molar-refractivity contribution in [3.05, 3.63) is 89.7 Å². The van der Waals surface area contributed by atoms with E-state index in [1.54, 1.807) is 67.6 Å². The summed E-state index contributed by atoms with van der Waals surface area (Å²) < 4.78 is 47.1. The van der Waals surface area contributed by atoms with Crippen molar-refractivity contribution >= 4 is 21.6 Å². The van der Waals surface area contributed by atoms with Gasteiger partial charge < -0.3 is 10.1 Å². The van der Waals surface area contributed by atoms with E-state index in [9.17, 15) is 17.6 Å². The Kier molecular flexibility index (Phi) is 5.88. The number of ether oxygens (including phenoxy) is 1. The minimum absolute atomic E-state index is 0.138. The van der Waals surface area contributed by atoms with E-state index < -0.39 is 28.1 Å². The van der Waals surface area contributed by atoms with Gasteiger partial charge in [0.2, 0.25) is 0 Å². The van der Waals surface area contributed by atoms with Gasteiger partial charge in [0.1, 0.15) is 11.6 Å². The summed E-state index contributed by atoms with van der Waals surface area (Å²) in [5, 5.41) is 2.83. The Morgan fingerprint density at radius 2 is 1.72 bits per heavy atom. The number of hydrogen-bond acceptors (Lipinski definition) is 4. The number of anilines is 1. The summed E-state index contributed by atoms with van der Waals surface area (Å²) in [6.07, 6.45) is -1.05. The van der Waals surface area contributed by atoms with Gasteiger partial charge in [-0.05, 0) is 55.8 Å². The summed E-state index contributed by atoms with van der Waals surface area (Å²) in [6.45, 7) is 3.47. The lowest BCUT2D eigenvalue weighted by Gasteiger charge is -2.35. The summed E-state index contributed by atoms with van der Waals surface area (Å²) >= 11 is 0. The lowest BCUT2D eigenvalue weighted by atomic mass is 10.1. The third-order valence-electron chi connectivity index (χ3n) is 5.37. The average molecular weight is 455 g/mol. The smallest absolute Gasteiger partial charge is 0.264 e. The quantitative estimate of drug-likeness (QED) is 0.633. The molecule has 166 valence electrons. The number of carbonyl (C=O) groups excluding carboxylic acids is 1. The lowest BCUT2D eigenvalue weighted by molar-refractivity contribution is -0.128. The number of benzene rings is 3. The molecule has 32 heavy (non-hydrogen) atoms. The molecule has 8 heteroatoms. The second-order valence-electron chi connectivity index (χ2n) is 7.71. The molecule has 0 aliphatic carbocycles. The molecule has 0 aromatic heterocycles. The number of halogens is 1. The highest BCUT2D eigenvalue weighted by molar-refractivity contribution is 7.92. The lowest BCUT2D eigenvalue weighted by Crippen LogP contribution is -2.51. The molecule has 0 spiro atoms. The first-order valence-corrected chi connectivity index (χ1v) is 11.6. The molecule has 1 N–H and O–H groups in total. The van der Waals surface area contributed by atoms with Crippen molar-refractivity contribution in [3.8, 4) is 5.75 Å². The van der Waals surface area contributed by atoms with E-state index in [-0.39, 0.29) is 17.3 Å². The van der Waals surface area contributed by atoms with Crippen molar-refractivity contribution in [3.63, 3.8) is 0 Å². The monoisotopic (exact) mass is 454 g/mol. The number of rotatable bonds is 5. The highest BCUT2D eigenvalue weighted by Gasteiger charge is 2.37. The van der Waals surface area contributed by atoms with Crippen LogP contribution in [0.4, 0.5) is 10.1 Å². The minimum atomic E-state index is -3.91. The SMILES string of the molecule is Cc1ccc(S(=O)(=O)N2C[C@@H](C(=O)N[C@@H](C)c3ccc(F)cc3)Oc3ccccc32)cc1. The number of hydrogen-bond donors (Lipinski definition) is 1. The van der Waals surface area contributed by atoms with E-state index in [4.69, 9.17) is 4.74 Å².